The molecule has 3 aromatic rings. The first-order valence-corrected chi connectivity index (χ1v) is 12.6. The third kappa shape index (κ3) is 7.21. The van der Waals surface area contributed by atoms with Crippen molar-refractivity contribution in [2.75, 3.05) is 0 Å². The van der Waals surface area contributed by atoms with Gasteiger partial charge in [0.25, 0.3) is 5.56 Å². The highest BCUT2D eigenvalue weighted by Gasteiger charge is 2.37. The van der Waals surface area contributed by atoms with Crippen LogP contribution in [0, 0.1) is 24.5 Å². The Balaban J connectivity index is 1.39. The summed E-state index contributed by atoms with van der Waals surface area (Å²) in [6.07, 6.45) is -2.89. The van der Waals surface area contributed by atoms with E-state index in [2.05, 4.69) is 15.3 Å². The molecule has 1 aliphatic carbocycles. The molecule has 1 heterocycles. The van der Waals surface area contributed by atoms with E-state index in [0.717, 1.165) is 12.1 Å². The van der Waals surface area contributed by atoms with E-state index in [1.165, 1.54) is 19.1 Å². The molecule has 0 unspecified atom stereocenters. The number of H-pyrrole nitrogens is 1. The summed E-state index contributed by atoms with van der Waals surface area (Å²) in [4.78, 5) is 30.6. The van der Waals surface area contributed by atoms with E-state index >= 15 is 4.39 Å². The van der Waals surface area contributed by atoms with Gasteiger partial charge in [-0.1, -0.05) is 17.7 Å². The van der Waals surface area contributed by atoms with Gasteiger partial charge in [0.2, 0.25) is 5.91 Å². The van der Waals surface area contributed by atoms with Crippen LogP contribution in [-0.2, 0) is 28.9 Å². The molecule has 39 heavy (non-hydrogen) atoms. The molecule has 0 radical (unpaired) electrons. The second-order valence-corrected chi connectivity index (χ2v) is 9.91. The second-order valence-electron chi connectivity index (χ2n) is 9.47. The maximum Gasteiger partial charge on any atom is 0.417 e. The monoisotopic (exact) mass is 569 g/mol. The van der Waals surface area contributed by atoms with Crippen LogP contribution < -0.4 is 10.9 Å². The van der Waals surface area contributed by atoms with Crippen molar-refractivity contribution in [1.82, 2.24) is 15.3 Å². The van der Waals surface area contributed by atoms with Crippen LogP contribution >= 0.6 is 11.6 Å². The van der Waals surface area contributed by atoms with E-state index in [4.69, 9.17) is 16.3 Å². The number of rotatable bonds is 7. The number of hydrogen-bond donors (Lipinski definition) is 2. The summed E-state index contributed by atoms with van der Waals surface area (Å²) >= 11 is 5.86. The molecule has 2 N–H and O–H groups in total. The lowest BCUT2D eigenvalue weighted by Crippen LogP contribution is -2.34. The van der Waals surface area contributed by atoms with Crippen molar-refractivity contribution in [3.05, 3.63) is 85.8 Å². The minimum atomic E-state index is -4.90. The first-order valence-electron chi connectivity index (χ1n) is 12.2. The van der Waals surface area contributed by atoms with E-state index in [0.29, 0.717) is 37.3 Å². The van der Waals surface area contributed by atoms with Crippen LogP contribution in [0.1, 0.15) is 48.1 Å². The third-order valence-electron chi connectivity index (χ3n) is 6.54. The van der Waals surface area contributed by atoms with Crippen molar-refractivity contribution in [2.24, 2.45) is 5.92 Å². The molecule has 0 bridgehead atoms. The number of aryl methyl sites for hydroxylation is 1. The fraction of sp³-hybridized carbons (Fsp3) is 0.370. The van der Waals surface area contributed by atoms with Crippen molar-refractivity contribution in [3.63, 3.8) is 0 Å². The molecule has 0 atom stereocenters. The quantitative estimate of drug-likeness (QED) is 0.337. The molecular formula is C27H25ClF5N3O3. The Morgan fingerprint density at radius 1 is 1.13 bits per heavy atom. The van der Waals surface area contributed by atoms with Crippen LogP contribution in [0.3, 0.4) is 0 Å². The SMILES string of the molecule is Cc1cc(=O)[nH]c(-c2c(C(F)(F)F)ccc(CNC(=O)[C@H]3CC[C@H](OCc4cc(F)cc(Cl)c4)CC3)c2F)n1. The Morgan fingerprint density at radius 2 is 1.85 bits per heavy atom. The summed E-state index contributed by atoms with van der Waals surface area (Å²) in [5, 5.41) is 2.88. The Hall–Kier alpha value is -3.31. The summed E-state index contributed by atoms with van der Waals surface area (Å²) in [5.41, 5.74) is -2.35. The number of halogens is 6. The van der Waals surface area contributed by atoms with Crippen LogP contribution in [0.4, 0.5) is 22.0 Å². The highest BCUT2D eigenvalue weighted by atomic mass is 35.5. The predicted octanol–water partition coefficient (Wildman–Crippen LogP) is 6.09. The lowest BCUT2D eigenvalue weighted by Gasteiger charge is -2.28. The van der Waals surface area contributed by atoms with Crippen molar-refractivity contribution >= 4 is 17.5 Å². The normalized spacial score (nSPS) is 17.7. The largest absolute Gasteiger partial charge is 0.417 e. The number of hydrogen-bond acceptors (Lipinski definition) is 4. The summed E-state index contributed by atoms with van der Waals surface area (Å²) in [7, 11) is 0. The van der Waals surface area contributed by atoms with Crippen LogP contribution in [-0.4, -0.2) is 22.0 Å². The van der Waals surface area contributed by atoms with Gasteiger partial charge in [-0.25, -0.2) is 13.8 Å². The van der Waals surface area contributed by atoms with E-state index in [9.17, 15) is 27.2 Å². The van der Waals surface area contributed by atoms with Crippen LogP contribution in [0.25, 0.3) is 11.4 Å². The Morgan fingerprint density at radius 3 is 2.49 bits per heavy atom. The van der Waals surface area contributed by atoms with Gasteiger partial charge in [-0.2, -0.15) is 13.2 Å². The zero-order valence-corrected chi connectivity index (χ0v) is 21.6. The summed E-state index contributed by atoms with van der Waals surface area (Å²) in [5.74, 6) is -2.96. The van der Waals surface area contributed by atoms with Gasteiger partial charge < -0.3 is 15.0 Å². The van der Waals surface area contributed by atoms with Crippen LogP contribution in [0.2, 0.25) is 5.02 Å². The van der Waals surface area contributed by atoms with E-state index < -0.39 is 40.3 Å². The summed E-state index contributed by atoms with van der Waals surface area (Å²) in [6, 6.07) is 6.89. The second kappa shape index (κ2) is 11.8. The van der Waals surface area contributed by atoms with Crippen molar-refractivity contribution in [3.8, 4) is 11.4 Å². The first-order chi connectivity index (χ1) is 18.4. The number of carbonyl (C=O) groups is 1. The Labute approximate surface area is 225 Å². The molecule has 4 rings (SSSR count). The van der Waals surface area contributed by atoms with Gasteiger partial charge in [0.15, 0.2) is 0 Å². The van der Waals surface area contributed by atoms with Crippen molar-refractivity contribution < 1.29 is 31.5 Å². The van der Waals surface area contributed by atoms with Gasteiger partial charge in [0.05, 0.1) is 23.8 Å². The van der Waals surface area contributed by atoms with E-state index in [1.807, 2.05) is 0 Å². The molecule has 12 heteroatoms. The maximum absolute atomic E-state index is 15.4. The number of amides is 1. The van der Waals surface area contributed by atoms with Gasteiger partial charge in [-0.3, -0.25) is 9.59 Å². The van der Waals surface area contributed by atoms with Crippen molar-refractivity contribution in [2.45, 2.75) is 58.0 Å². The predicted molar refractivity (Wildman–Crippen MR) is 134 cm³/mol. The number of benzene rings is 2. The average Bonchev–Trinajstić information content (AvgIpc) is 2.85. The zero-order chi connectivity index (χ0) is 28.3. The van der Waals surface area contributed by atoms with E-state index in [1.54, 1.807) is 6.07 Å². The molecule has 2 aromatic carbocycles. The van der Waals surface area contributed by atoms with Crippen LogP contribution in [0.5, 0.6) is 0 Å². The average molecular weight is 570 g/mol. The third-order valence-corrected chi connectivity index (χ3v) is 6.76. The van der Waals surface area contributed by atoms with Gasteiger partial charge in [0, 0.05) is 34.8 Å². The maximum atomic E-state index is 15.4. The number of nitrogens with zero attached hydrogens (tertiary/aromatic N) is 1. The molecule has 0 spiro atoms. The first kappa shape index (κ1) is 28.7. The summed E-state index contributed by atoms with van der Waals surface area (Å²) in [6.45, 7) is 1.24. The minimum Gasteiger partial charge on any atom is -0.374 e. The number of aromatic amines is 1. The smallest absolute Gasteiger partial charge is 0.374 e. The Kier molecular flexibility index (Phi) is 8.70. The Bertz CT molecular complexity index is 1400. The molecule has 0 aliphatic heterocycles. The van der Waals surface area contributed by atoms with Crippen LogP contribution in [0.15, 0.2) is 41.2 Å². The number of aromatic nitrogens is 2. The number of ether oxygens (including phenoxy) is 1. The lowest BCUT2D eigenvalue weighted by molar-refractivity contribution is -0.137. The van der Waals surface area contributed by atoms with Crippen molar-refractivity contribution in [1.29, 1.82) is 0 Å². The highest BCUT2D eigenvalue weighted by Crippen LogP contribution is 2.38. The molecule has 6 nitrogen and oxygen atoms in total. The molecular weight excluding hydrogens is 545 g/mol. The molecule has 208 valence electrons. The molecule has 1 amide bonds. The molecule has 1 fully saturated rings. The molecule has 1 saturated carbocycles. The topological polar surface area (TPSA) is 84.1 Å². The van der Waals surface area contributed by atoms with Gasteiger partial charge in [0.1, 0.15) is 17.5 Å². The standard InChI is InChI=1S/C27H25ClF5N3O3/c1-14-8-22(37)36-25(35-14)23-21(27(31,32)33)7-4-17(24(23)30)12-34-26(38)16-2-5-20(6-3-16)39-13-15-9-18(28)11-19(29)10-15/h4,7-11,16,20H,2-3,5-6,12-13H2,1H3,(H,34,38)(H,35,36,37)/t16-,20-. The molecule has 0 saturated heterocycles. The zero-order valence-electron chi connectivity index (χ0n) is 20.8. The fourth-order valence-corrected chi connectivity index (χ4v) is 4.89. The van der Waals surface area contributed by atoms with Gasteiger partial charge in [-0.15, -0.1) is 0 Å². The van der Waals surface area contributed by atoms with Gasteiger partial charge in [-0.05, 0) is 62.4 Å². The fourth-order valence-electron chi connectivity index (χ4n) is 4.65. The van der Waals surface area contributed by atoms with Gasteiger partial charge >= 0.3 is 6.18 Å². The number of alkyl halides is 3. The van der Waals surface area contributed by atoms with E-state index in [-0.39, 0.29) is 47.4 Å². The number of carbonyl (C=O) groups excluding carboxylic acids is 1. The molecule has 1 aromatic heterocycles. The summed E-state index contributed by atoms with van der Waals surface area (Å²) < 4.78 is 75.6. The lowest BCUT2D eigenvalue weighted by atomic mass is 9.86. The highest BCUT2D eigenvalue weighted by molar-refractivity contribution is 6.30. The number of nitrogens with one attached hydrogen (secondary N) is 2. The minimum absolute atomic E-state index is 0.124. The molecule has 1 aliphatic rings.